The molecule has 0 bridgehead atoms. The van der Waals surface area contributed by atoms with Gasteiger partial charge in [0.25, 0.3) is 0 Å². The minimum atomic E-state index is -4.49. The molecular weight excluding hydrogens is 427 g/mol. The van der Waals surface area contributed by atoms with Gasteiger partial charge in [-0.3, -0.25) is 4.52 Å². The Morgan fingerprint density at radius 1 is 0.969 bits per heavy atom. The van der Waals surface area contributed by atoms with Crippen molar-refractivity contribution in [1.29, 1.82) is 0 Å². The van der Waals surface area contributed by atoms with Gasteiger partial charge < -0.3 is 19.3 Å². The predicted octanol–water partition coefficient (Wildman–Crippen LogP) is 5.83. The van der Waals surface area contributed by atoms with Gasteiger partial charge in [-0.25, -0.2) is 4.57 Å². The normalized spacial score (nSPS) is 17.2. The van der Waals surface area contributed by atoms with Crippen molar-refractivity contribution in [2.75, 3.05) is 14.2 Å². The van der Waals surface area contributed by atoms with Gasteiger partial charge in [-0.1, -0.05) is 58.0 Å². The lowest BCUT2D eigenvalue weighted by Gasteiger charge is -2.43. The summed E-state index contributed by atoms with van der Waals surface area (Å²) in [5.74, 6) is 1.62. The van der Waals surface area contributed by atoms with E-state index in [-0.39, 0.29) is 17.4 Å². The Labute approximate surface area is 190 Å². The van der Waals surface area contributed by atoms with Crippen LogP contribution in [0.5, 0.6) is 11.5 Å². The highest BCUT2D eigenvalue weighted by molar-refractivity contribution is 7.46. The van der Waals surface area contributed by atoms with Gasteiger partial charge >= 0.3 is 7.82 Å². The molecule has 7 heteroatoms. The van der Waals surface area contributed by atoms with Crippen LogP contribution in [0.1, 0.15) is 68.4 Å². The topological polar surface area (TPSA) is 85.2 Å². The van der Waals surface area contributed by atoms with Crippen molar-refractivity contribution in [1.82, 2.24) is 0 Å². The highest BCUT2D eigenvalue weighted by Gasteiger charge is 2.40. The van der Waals surface area contributed by atoms with Crippen LogP contribution in [0.15, 0.2) is 30.3 Å². The Kier molecular flexibility index (Phi) is 6.92. The van der Waals surface area contributed by atoms with Crippen molar-refractivity contribution in [3.8, 4) is 11.5 Å². The van der Waals surface area contributed by atoms with Gasteiger partial charge in [0.1, 0.15) is 11.5 Å². The molecule has 0 atom stereocenters. The van der Waals surface area contributed by atoms with Crippen molar-refractivity contribution in [2.45, 2.75) is 58.0 Å². The van der Waals surface area contributed by atoms with E-state index < -0.39 is 7.82 Å². The summed E-state index contributed by atoms with van der Waals surface area (Å²) in [5, 5.41) is 0. The maximum Gasteiger partial charge on any atom is 0.469 e. The van der Waals surface area contributed by atoms with Gasteiger partial charge in [0, 0.05) is 5.56 Å². The second kappa shape index (κ2) is 9.03. The van der Waals surface area contributed by atoms with Crippen LogP contribution in [0.3, 0.4) is 0 Å². The first-order valence-electron chi connectivity index (χ1n) is 10.6. The van der Waals surface area contributed by atoms with Crippen LogP contribution in [0.25, 0.3) is 12.2 Å². The number of fused-ring (bicyclic) bond motifs is 1. The van der Waals surface area contributed by atoms with Crippen LogP contribution in [0, 0.1) is 0 Å². The molecule has 0 unspecified atom stereocenters. The number of ether oxygens (including phenoxy) is 2. The lowest BCUT2D eigenvalue weighted by molar-refractivity contribution is 0.189. The zero-order chi connectivity index (χ0) is 23.7. The quantitative estimate of drug-likeness (QED) is 0.399. The van der Waals surface area contributed by atoms with E-state index in [2.05, 4.69) is 38.3 Å². The van der Waals surface area contributed by atoms with Crippen molar-refractivity contribution in [3.63, 3.8) is 0 Å². The third-order valence-corrected chi connectivity index (χ3v) is 6.77. The molecule has 3 rings (SSSR count). The van der Waals surface area contributed by atoms with Crippen molar-refractivity contribution >= 4 is 20.0 Å². The van der Waals surface area contributed by atoms with Gasteiger partial charge in [0.2, 0.25) is 0 Å². The fourth-order valence-electron chi connectivity index (χ4n) is 4.34. The first-order chi connectivity index (χ1) is 14.9. The predicted molar refractivity (Wildman–Crippen MR) is 127 cm³/mol. The summed E-state index contributed by atoms with van der Waals surface area (Å²) in [6.45, 7) is 8.93. The Morgan fingerprint density at radius 2 is 1.59 bits per heavy atom. The Bertz CT molecular complexity index is 1050. The van der Waals surface area contributed by atoms with E-state index in [1.165, 1.54) is 11.1 Å². The van der Waals surface area contributed by atoms with Gasteiger partial charge in [-0.05, 0) is 52.5 Å². The van der Waals surface area contributed by atoms with Crippen LogP contribution >= 0.6 is 7.82 Å². The van der Waals surface area contributed by atoms with Crippen molar-refractivity contribution in [2.24, 2.45) is 0 Å². The molecule has 0 radical (unpaired) electrons. The molecule has 0 saturated carbocycles. The van der Waals surface area contributed by atoms with E-state index >= 15 is 0 Å². The standard InChI is InChI=1S/C25H33O6P/c1-24(2)13-14-25(3,4)22-20(24)15-21(29-5)19(23(22)30-6)12-11-17-7-9-18(10-8-17)16-31-32(26,27)28/h7-12,15H,13-14,16H2,1-6H3,(H2,26,27,28). The zero-order valence-electron chi connectivity index (χ0n) is 19.6. The molecule has 1 aliphatic carbocycles. The van der Waals surface area contributed by atoms with Crippen LogP contribution in [-0.4, -0.2) is 24.0 Å². The average Bonchev–Trinajstić information content (AvgIpc) is 2.73. The van der Waals surface area contributed by atoms with E-state index in [9.17, 15) is 4.57 Å². The molecule has 0 saturated heterocycles. The molecule has 0 heterocycles. The fraction of sp³-hybridized carbons (Fsp3) is 0.440. The van der Waals surface area contributed by atoms with Gasteiger partial charge in [-0.15, -0.1) is 0 Å². The van der Waals surface area contributed by atoms with Crippen LogP contribution in [-0.2, 0) is 26.5 Å². The Hall–Kier alpha value is -2.11. The highest BCUT2D eigenvalue weighted by Crippen LogP contribution is 2.52. The number of phosphoric acid groups is 1. The van der Waals surface area contributed by atoms with E-state index in [0.29, 0.717) is 5.56 Å². The summed E-state index contributed by atoms with van der Waals surface area (Å²) in [5.41, 5.74) is 5.05. The molecule has 2 aromatic carbocycles. The molecular formula is C25H33O6P. The summed E-state index contributed by atoms with van der Waals surface area (Å²) >= 11 is 0. The summed E-state index contributed by atoms with van der Waals surface area (Å²) < 4.78 is 27.2. The fourth-order valence-corrected chi connectivity index (χ4v) is 4.66. The molecule has 1 aliphatic rings. The molecule has 2 aromatic rings. The number of phosphoric ester groups is 1. The van der Waals surface area contributed by atoms with Gasteiger partial charge in [-0.2, -0.15) is 0 Å². The third kappa shape index (κ3) is 5.26. The first kappa shape index (κ1) is 24.5. The van der Waals surface area contributed by atoms with E-state index in [4.69, 9.17) is 19.3 Å². The minimum Gasteiger partial charge on any atom is -0.496 e. The number of hydrogen-bond acceptors (Lipinski definition) is 4. The molecule has 2 N–H and O–H groups in total. The van der Waals surface area contributed by atoms with Crippen LogP contribution in [0.4, 0.5) is 0 Å². The Balaban J connectivity index is 1.99. The molecule has 0 amide bonds. The molecule has 0 aromatic heterocycles. The molecule has 32 heavy (non-hydrogen) atoms. The maximum absolute atomic E-state index is 10.9. The van der Waals surface area contributed by atoms with E-state index in [1.54, 1.807) is 26.4 Å². The first-order valence-corrected chi connectivity index (χ1v) is 12.2. The van der Waals surface area contributed by atoms with Gasteiger partial charge in [0.05, 0.1) is 26.4 Å². The lowest BCUT2D eigenvalue weighted by Crippen LogP contribution is -2.34. The average molecular weight is 461 g/mol. The van der Waals surface area contributed by atoms with Crippen LogP contribution in [0.2, 0.25) is 0 Å². The smallest absolute Gasteiger partial charge is 0.469 e. The molecule has 0 aliphatic heterocycles. The molecule has 6 nitrogen and oxygen atoms in total. The summed E-state index contributed by atoms with van der Waals surface area (Å²) in [6, 6.07) is 9.46. The second-order valence-corrected chi connectivity index (χ2v) is 10.8. The van der Waals surface area contributed by atoms with Crippen LogP contribution < -0.4 is 9.47 Å². The number of methoxy groups -OCH3 is 2. The SMILES string of the molecule is COc1cc2c(c(OC)c1C=Cc1ccc(COP(=O)(O)O)cc1)C(C)(C)CCC2(C)C. The summed E-state index contributed by atoms with van der Waals surface area (Å²) in [4.78, 5) is 17.7. The van der Waals surface area contributed by atoms with Gasteiger partial charge in [0.15, 0.2) is 0 Å². The lowest BCUT2D eigenvalue weighted by atomic mass is 9.62. The molecule has 174 valence electrons. The summed E-state index contributed by atoms with van der Waals surface area (Å²) in [7, 11) is -1.10. The third-order valence-electron chi connectivity index (χ3n) is 6.31. The minimum absolute atomic E-state index is 0.00838. The van der Waals surface area contributed by atoms with Crippen molar-refractivity contribution < 1.29 is 28.3 Å². The molecule has 0 spiro atoms. The Morgan fingerprint density at radius 3 is 2.16 bits per heavy atom. The number of rotatable bonds is 7. The monoisotopic (exact) mass is 460 g/mol. The second-order valence-electron chi connectivity index (χ2n) is 9.56. The molecule has 0 fully saturated rings. The zero-order valence-corrected chi connectivity index (χ0v) is 20.5. The highest BCUT2D eigenvalue weighted by atomic mass is 31.2. The maximum atomic E-state index is 10.9. The van der Waals surface area contributed by atoms with Crippen molar-refractivity contribution in [3.05, 3.63) is 58.1 Å². The number of hydrogen-bond donors (Lipinski definition) is 2. The number of benzene rings is 2. The summed E-state index contributed by atoms with van der Waals surface area (Å²) in [6.07, 6.45) is 6.15. The largest absolute Gasteiger partial charge is 0.496 e. The van der Waals surface area contributed by atoms with E-state index in [0.717, 1.165) is 35.5 Å². The van der Waals surface area contributed by atoms with E-state index in [1.807, 2.05) is 24.3 Å².